The smallest absolute Gasteiger partial charge is 0.418 e. The third-order valence-electron chi connectivity index (χ3n) is 4.54. The Morgan fingerprint density at radius 3 is 2.45 bits per heavy atom. The van der Waals surface area contributed by atoms with Crippen LogP contribution in [0.4, 0.5) is 18.9 Å². The number of nitrogens with one attached hydrogen (secondary N) is 1. The highest BCUT2D eigenvalue weighted by atomic mass is 35.5. The van der Waals surface area contributed by atoms with Gasteiger partial charge in [0.05, 0.1) is 29.6 Å². The van der Waals surface area contributed by atoms with Gasteiger partial charge in [-0.3, -0.25) is 4.79 Å². The first kappa shape index (κ1) is 20.8. The maximum absolute atomic E-state index is 13.5. The van der Waals surface area contributed by atoms with Crippen molar-refractivity contribution >= 4 is 23.2 Å². The van der Waals surface area contributed by atoms with Gasteiger partial charge in [-0.05, 0) is 50.2 Å². The molecule has 0 radical (unpaired) electrons. The van der Waals surface area contributed by atoms with Crippen molar-refractivity contribution in [2.75, 3.05) is 12.4 Å². The third kappa shape index (κ3) is 4.10. The van der Waals surface area contributed by atoms with E-state index in [1.54, 1.807) is 32.0 Å². The molecule has 0 aliphatic rings. The lowest BCUT2D eigenvalue weighted by Crippen LogP contribution is -2.15. The van der Waals surface area contributed by atoms with E-state index in [9.17, 15) is 18.0 Å². The molecule has 1 N–H and O–H groups in total. The van der Waals surface area contributed by atoms with Crippen molar-refractivity contribution in [3.63, 3.8) is 0 Å². The van der Waals surface area contributed by atoms with E-state index in [2.05, 4.69) is 5.32 Å². The highest BCUT2D eigenvalue weighted by Gasteiger charge is 2.34. The van der Waals surface area contributed by atoms with Crippen LogP contribution in [0.5, 0.6) is 5.75 Å². The van der Waals surface area contributed by atoms with Crippen molar-refractivity contribution in [3.05, 3.63) is 76.1 Å². The molecule has 3 aromatic rings. The highest BCUT2D eigenvalue weighted by molar-refractivity contribution is 6.31. The summed E-state index contributed by atoms with van der Waals surface area (Å²) in [4.78, 5) is 12.8. The van der Waals surface area contributed by atoms with Gasteiger partial charge in [-0.1, -0.05) is 23.7 Å². The monoisotopic (exact) mass is 422 g/mol. The molecule has 0 aliphatic carbocycles. The van der Waals surface area contributed by atoms with Gasteiger partial charge in [-0.25, -0.2) is 0 Å². The summed E-state index contributed by atoms with van der Waals surface area (Å²) in [6, 6.07) is 11.6. The average molecular weight is 423 g/mol. The Balaban J connectivity index is 2.04. The predicted octanol–water partition coefficient (Wildman–Crippen LogP) is 6.03. The van der Waals surface area contributed by atoms with Crippen LogP contribution in [0.2, 0.25) is 5.02 Å². The molecule has 8 heteroatoms. The van der Waals surface area contributed by atoms with Gasteiger partial charge in [-0.15, -0.1) is 0 Å². The van der Waals surface area contributed by atoms with E-state index in [0.29, 0.717) is 27.8 Å². The standard InChI is InChI=1S/C21H18ClF3N2O2/c1-12-10-15(20(28)26-17-11-14(22)8-9-19(17)29-3)13(2)27(12)18-7-5-4-6-16(18)21(23,24)25/h4-11H,1-3H3,(H,26,28). The molecular weight excluding hydrogens is 405 g/mol. The topological polar surface area (TPSA) is 43.3 Å². The maximum atomic E-state index is 13.5. The van der Waals surface area contributed by atoms with Crippen molar-refractivity contribution in [1.29, 1.82) is 0 Å². The molecule has 1 aromatic heterocycles. The van der Waals surface area contributed by atoms with E-state index in [1.807, 2.05) is 0 Å². The molecular formula is C21H18ClF3N2O2. The minimum absolute atomic E-state index is 0.0330. The first-order chi connectivity index (χ1) is 13.6. The number of aryl methyl sites for hydroxylation is 1. The number of anilines is 1. The number of halogens is 4. The Labute approximate surface area is 170 Å². The number of hydrogen-bond acceptors (Lipinski definition) is 2. The van der Waals surface area contributed by atoms with Crippen molar-refractivity contribution in [2.24, 2.45) is 0 Å². The number of ether oxygens (including phenoxy) is 1. The fraction of sp³-hybridized carbons (Fsp3) is 0.190. The molecule has 0 saturated carbocycles. The Morgan fingerprint density at radius 1 is 1.10 bits per heavy atom. The molecule has 0 bridgehead atoms. The lowest BCUT2D eigenvalue weighted by molar-refractivity contribution is -0.137. The van der Waals surface area contributed by atoms with Crippen LogP contribution in [-0.4, -0.2) is 17.6 Å². The molecule has 3 rings (SSSR count). The van der Waals surface area contributed by atoms with Crippen LogP contribution in [0.1, 0.15) is 27.3 Å². The molecule has 152 valence electrons. The largest absolute Gasteiger partial charge is 0.495 e. The molecule has 29 heavy (non-hydrogen) atoms. The highest BCUT2D eigenvalue weighted by Crippen LogP contribution is 2.36. The first-order valence-electron chi connectivity index (χ1n) is 8.64. The maximum Gasteiger partial charge on any atom is 0.418 e. The lowest BCUT2D eigenvalue weighted by atomic mass is 10.1. The van der Waals surface area contributed by atoms with Crippen molar-refractivity contribution in [1.82, 2.24) is 4.57 Å². The van der Waals surface area contributed by atoms with Crippen LogP contribution in [-0.2, 0) is 6.18 Å². The zero-order chi connectivity index (χ0) is 21.3. The molecule has 0 aliphatic heterocycles. The van der Waals surface area contributed by atoms with Gasteiger partial charge in [0, 0.05) is 16.4 Å². The fourth-order valence-electron chi connectivity index (χ4n) is 3.24. The molecule has 1 amide bonds. The average Bonchev–Trinajstić information content (AvgIpc) is 2.95. The van der Waals surface area contributed by atoms with E-state index < -0.39 is 17.6 Å². The summed E-state index contributed by atoms with van der Waals surface area (Å²) in [6.07, 6.45) is -4.52. The van der Waals surface area contributed by atoms with Crippen molar-refractivity contribution in [2.45, 2.75) is 20.0 Å². The molecule has 0 atom stereocenters. The summed E-state index contributed by atoms with van der Waals surface area (Å²) in [6.45, 7) is 3.25. The molecule has 2 aromatic carbocycles. The minimum atomic E-state index is -4.52. The summed E-state index contributed by atoms with van der Waals surface area (Å²) >= 11 is 5.99. The van der Waals surface area contributed by atoms with Crippen LogP contribution in [0.3, 0.4) is 0 Å². The molecule has 0 fully saturated rings. The molecule has 0 saturated heterocycles. The zero-order valence-corrected chi connectivity index (χ0v) is 16.7. The van der Waals surface area contributed by atoms with Gasteiger partial charge in [0.15, 0.2) is 0 Å². The van der Waals surface area contributed by atoms with Gasteiger partial charge in [-0.2, -0.15) is 13.2 Å². The normalized spacial score (nSPS) is 11.4. The number of benzene rings is 2. The summed E-state index contributed by atoms with van der Waals surface area (Å²) in [5.74, 6) is -0.0617. The number of nitrogens with zero attached hydrogens (tertiary/aromatic N) is 1. The van der Waals surface area contributed by atoms with E-state index >= 15 is 0 Å². The van der Waals surface area contributed by atoms with Gasteiger partial charge in [0.2, 0.25) is 0 Å². The number of rotatable bonds is 4. The van der Waals surface area contributed by atoms with Gasteiger partial charge < -0.3 is 14.6 Å². The molecule has 4 nitrogen and oxygen atoms in total. The van der Waals surface area contributed by atoms with Crippen LogP contribution < -0.4 is 10.1 Å². The van der Waals surface area contributed by atoms with Gasteiger partial charge in [0.25, 0.3) is 5.91 Å². The fourth-order valence-corrected chi connectivity index (χ4v) is 3.41. The number of carbonyl (C=O) groups excluding carboxylic acids is 1. The Kier molecular flexibility index (Phi) is 5.61. The van der Waals surface area contributed by atoms with E-state index in [-0.39, 0.29) is 11.3 Å². The Morgan fingerprint density at radius 2 is 1.79 bits per heavy atom. The van der Waals surface area contributed by atoms with Crippen LogP contribution >= 0.6 is 11.6 Å². The number of amides is 1. The first-order valence-corrected chi connectivity index (χ1v) is 9.01. The second-order valence-corrected chi connectivity index (χ2v) is 6.87. The zero-order valence-electron chi connectivity index (χ0n) is 15.9. The quantitative estimate of drug-likeness (QED) is 0.558. The van der Waals surface area contributed by atoms with Crippen LogP contribution in [0, 0.1) is 13.8 Å². The second kappa shape index (κ2) is 7.83. The number of para-hydroxylation sites is 1. The van der Waals surface area contributed by atoms with Crippen molar-refractivity contribution in [3.8, 4) is 11.4 Å². The minimum Gasteiger partial charge on any atom is -0.495 e. The third-order valence-corrected chi connectivity index (χ3v) is 4.77. The molecule has 1 heterocycles. The number of aromatic nitrogens is 1. The van der Waals surface area contributed by atoms with E-state index in [1.165, 1.54) is 35.9 Å². The second-order valence-electron chi connectivity index (χ2n) is 6.43. The Bertz CT molecular complexity index is 1070. The number of hydrogen-bond donors (Lipinski definition) is 1. The lowest BCUT2D eigenvalue weighted by Gasteiger charge is -2.17. The Hall–Kier alpha value is -2.93. The van der Waals surface area contributed by atoms with Gasteiger partial charge >= 0.3 is 6.18 Å². The number of alkyl halides is 3. The SMILES string of the molecule is COc1ccc(Cl)cc1NC(=O)c1cc(C)n(-c2ccccc2C(F)(F)F)c1C. The van der Waals surface area contributed by atoms with Crippen LogP contribution in [0.25, 0.3) is 5.69 Å². The van der Waals surface area contributed by atoms with Crippen molar-refractivity contribution < 1.29 is 22.7 Å². The van der Waals surface area contributed by atoms with Gasteiger partial charge in [0.1, 0.15) is 5.75 Å². The summed E-state index contributed by atoms with van der Waals surface area (Å²) in [7, 11) is 1.46. The number of methoxy groups -OCH3 is 1. The predicted molar refractivity (Wildman–Crippen MR) is 106 cm³/mol. The van der Waals surface area contributed by atoms with E-state index in [0.717, 1.165) is 6.07 Å². The summed E-state index contributed by atoms with van der Waals surface area (Å²) < 4.78 is 47.0. The molecule has 0 spiro atoms. The summed E-state index contributed by atoms with van der Waals surface area (Å²) in [5, 5.41) is 3.12. The molecule has 0 unspecified atom stereocenters. The number of carbonyl (C=O) groups is 1. The van der Waals surface area contributed by atoms with E-state index in [4.69, 9.17) is 16.3 Å². The summed E-state index contributed by atoms with van der Waals surface area (Å²) in [5.41, 5.74) is 0.701. The van der Waals surface area contributed by atoms with Crippen LogP contribution in [0.15, 0.2) is 48.5 Å².